The van der Waals surface area contributed by atoms with Gasteiger partial charge in [0.05, 0.1) is 0 Å². The molecule has 4 aliphatic rings. The normalized spacial score (nSPS) is 15.4. The molecule has 0 atom stereocenters. The Bertz CT molecular complexity index is 2840. The maximum atomic E-state index is 12.2. The smallest absolute Gasteiger partial charge is 0.269 e. The van der Waals surface area contributed by atoms with Crippen LogP contribution < -0.4 is 26.0 Å². The number of aromatic nitrogens is 1. The van der Waals surface area contributed by atoms with E-state index >= 15 is 0 Å². The van der Waals surface area contributed by atoms with Crippen molar-refractivity contribution in [2.24, 2.45) is 0 Å². The number of likely N-dealkylation sites (tertiary alicyclic amines) is 4. The summed E-state index contributed by atoms with van der Waals surface area (Å²) in [6, 6.07) is 47.0. The number of unbranched alkanes of at least 4 members (excludes halogenated alkanes) is 1. The number of carbonyl (C=O) groups excluding carboxylic acids is 4. The number of para-hydroxylation sites is 1. The molecule has 14 nitrogen and oxygen atoms in total. The van der Waals surface area contributed by atoms with E-state index < -0.39 is 0 Å². The van der Waals surface area contributed by atoms with Crippen LogP contribution in [0.15, 0.2) is 152 Å². The maximum absolute atomic E-state index is 12.2. The van der Waals surface area contributed by atoms with Crippen LogP contribution in [-0.4, -0.2) is 153 Å². The highest BCUT2D eigenvalue weighted by atomic mass is 16.5. The van der Waals surface area contributed by atoms with Gasteiger partial charge in [-0.15, -0.1) is 0 Å². The summed E-state index contributed by atoms with van der Waals surface area (Å²) >= 11 is 0. The molecule has 4 amide bonds. The van der Waals surface area contributed by atoms with Crippen LogP contribution in [0.4, 0.5) is 0 Å². The number of aryl methyl sites for hydroxylation is 2. The topological polar surface area (TPSA) is 151 Å². The largest absolute Gasteiger partial charge is 0.457 e. The lowest BCUT2D eigenvalue weighted by Crippen LogP contribution is -2.33. The number of nitrogens with zero attached hydrogens (tertiary/aromatic N) is 5. The van der Waals surface area contributed by atoms with Crippen molar-refractivity contribution in [1.82, 2.24) is 45.9 Å². The van der Waals surface area contributed by atoms with Gasteiger partial charge in [0.25, 0.3) is 23.6 Å². The second kappa shape index (κ2) is 43.6. The van der Waals surface area contributed by atoms with E-state index in [0.29, 0.717) is 11.3 Å². The Morgan fingerprint density at radius 2 is 0.772 bits per heavy atom. The summed E-state index contributed by atoms with van der Waals surface area (Å²) in [4.78, 5) is 62.8. The van der Waals surface area contributed by atoms with E-state index in [-0.39, 0.29) is 23.6 Å². The van der Waals surface area contributed by atoms with Crippen molar-refractivity contribution in [1.29, 1.82) is 0 Å². The van der Waals surface area contributed by atoms with Gasteiger partial charge in [-0.25, -0.2) is 0 Å². The van der Waals surface area contributed by atoms with Crippen LogP contribution in [0.5, 0.6) is 11.5 Å². The van der Waals surface area contributed by atoms with Gasteiger partial charge < -0.3 is 45.6 Å². The van der Waals surface area contributed by atoms with Crippen LogP contribution >= 0.6 is 0 Å². The third kappa shape index (κ3) is 28.7. The van der Waals surface area contributed by atoms with Gasteiger partial charge in [-0.3, -0.25) is 24.2 Å². The predicted molar refractivity (Wildman–Crippen MR) is 376 cm³/mol. The average Bonchev–Trinajstić information content (AvgIpc) is 3.78. The highest BCUT2D eigenvalue weighted by molar-refractivity contribution is 5.95. The van der Waals surface area contributed by atoms with Crippen LogP contribution in [0.25, 0.3) is 0 Å². The van der Waals surface area contributed by atoms with E-state index in [2.05, 4.69) is 102 Å². The van der Waals surface area contributed by atoms with Gasteiger partial charge in [-0.2, -0.15) is 0 Å². The predicted octanol–water partition coefficient (Wildman–Crippen LogP) is 13.9. The quantitative estimate of drug-likeness (QED) is 0.0350. The van der Waals surface area contributed by atoms with E-state index in [1.165, 1.54) is 165 Å². The zero-order chi connectivity index (χ0) is 64.5. The summed E-state index contributed by atoms with van der Waals surface area (Å²) in [5, 5.41) is 12.0. The Morgan fingerprint density at radius 3 is 1.21 bits per heavy atom. The van der Waals surface area contributed by atoms with Crippen LogP contribution in [-0.2, 0) is 19.3 Å². The molecule has 496 valence electrons. The molecule has 4 N–H and O–H groups in total. The zero-order valence-corrected chi connectivity index (χ0v) is 55.9. The first-order valence-electron chi connectivity index (χ1n) is 35.2. The molecule has 0 radical (unpaired) electrons. The summed E-state index contributed by atoms with van der Waals surface area (Å²) in [5.41, 5.74) is 7.66. The fourth-order valence-electron chi connectivity index (χ4n) is 12.1. The maximum Gasteiger partial charge on any atom is 0.269 e. The average molecular weight is 1250 g/mol. The first kappa shape index (κ1) is 72.2. The van der Waals surface area contributed by atoms with Crippen molar-refractivity contribution in [3.63, 3.8) is 0 Å². The van der Waals surface area contributed by atoms with Crippen LogP contribution in [0.2, 0.25) is 0 Å². The second-order valence-electron chi connectivity index (χ2n) is 25.1. The number of carbonyl (C=O) groups is 4. The number of benzene rings is 5. The Labute approximate surface area is 552 Å². The number of nitrogens with one attached hydrogen (secondary N) is 4. The zero-order valence-electron chi connectivity index (χ0n) is 55.9. The number of hydrogen-bond acceptors (Lipinski definition) is 10. The lowest BCUT2D eigenvalue weighted by atomic mass is 10.0. The minimum absolute atomic E-state index is 0.0232. The molecule has 4 saturated heterocycles. The SMILES string of the molecule is CCCCc1ccc(C(=O)NCCCN2CCCCC2)nc1.CCc1cccc(C(=O)NCCCN2CCCCC2)c1.O=C(NCCCN1CCCCC1)c1ccc(Cc2ccccc2)cc1.O=C(NCCCN1CCCCC1)c1ccc(Oc2ccccc2)cc1. The summed E-state index contributed by atoms with van der Waals surface area (Å²) in [5.74, 6) is 1.53. The monoisotopic (exact) mass is 1250 g/mol. The number of hydrogen-bond donors (Lipinski definition) is 4. The van der Waals surface area contributed by atoms with Gasteiger partial charge in [0.2, 0.25) is 0 Å². The van der Waals surface area contributed by atoms with Crippen LogP contribution in [0.1, 0.15) is 193 Å². The molecule has 5 aromatic carbocycles. The first-order chi connectivity index (χ1) is 45.2. The lowest BCUT2D eigenvalue weighted by Gasteiger charge is -2.26. The molecule has 1 aromatic heterocycles. The third-order valence-corrected chi connectivity index (χ3v) is 17.6. The molecule has 4 fully saturated rings. The number of rotatable bonds is 28. The molecule has 0 aliphatic carbocycles. The van der Waals surface area contributed by atoms with Gasteiger partial charge in [0, 0.05) is 49.1 Å². The van der Waals surface area contributed by atoms with Crippen molar-refractivity contribution >= 4 is 23.6 Å². The Hall–Kier alpha value is -7.23. The van der Waals surface area contributed by atoms with Gasteiger partial charge in [0.1, 0.15) is 17.2 Å². The molecule has 0 bridgehead atoms. The standard InChI is InChI=1S/C22H28N2O.C21H26N2O2.C18H29N3O.C17H26N2O/c25-22(23-14-7-17-24-15-5-2-6-16-24)21-12-10-20(11-13-21)18-19-8-3-1-4-9-19;24-21(22-14-7-17-23-15-5-2-6-16-23)18-10-12-20(13-11-18)25-19-8-3-1-4-9-19;1-2-3-8-16-9-10-17(20-15-16)18(22)19-11-7-14-21-12-5-4-6-13-21;1-2-15-8-6-9-16(14-15)17(20)18-10-7-13-19-11-4-3-5-12-19/h1,3-4,8-13H,2,5-7,14-18H2,(H,23,25);1,3-4,8-13H,2,5-7,14-17H2,(H,22,24);9-10,15H,2-8,11-14H2,1H3,(H,19,22);6,8-9,14H,2-5,7,10-13H2,1H3,(H,18,20). The van der Waals surface area contributed by atoms with Crippen molar-refractivity contribution < 1.29 is 23.9 Å². The minimum atomic E-state index is -0.0549. The lowest BCUT2D eigenvalue weighted by molar-refractivity contribution is 0.0939. The van der Waals surface area contributed by atoms with Gasteiger partial charge in [-0.1, -0.05) is 125 Å². The Morgan fingerprint density at radius 1 is 0.380 bits per heavy atom. The summed E-state index contributed by atoms with van der Waals surface area (Å²) < 4.78 is 5.74. The number of pyridine rings is 1. The highest BCUT2D eigenvalue weighted by Crippen LogP contribution is 2.22. The van der Waals surface area contributed by atoms with Gasteiger partial charge in [-0.05, 0) is 270 Å². The van der Waals surface area contributed by atoms with Gasteiger partial charge >= 0.3 is 0 Å². The molecular weight excluding hydrogens is 1140 g/mol. The molecule has 14 heteroatoms. The van der Waals surface area contributed by atoms with Crippen molar-refractivity contribution in [2.45, 2.75) is 149 Å². The highest BCUT2D eigenvalue weighted by Gasteiger charge is 2.15. The van der Waals surface area contributed by atoms with E-state index in [1.54, 1.807) is 12.1 Å². The molecule has 0 unspecified atom stereocenters. The van der Waals surface area contributed by atoms with Crippen molar-refractivity contribution in [3.8, 4) is 11.5 Å². The van der Waals surface area contributed by atoms with Crippen LogP contribution in [0.3, 0.4) is 0 Å². The van der Waals surface area contributed by atoms with Gasteiger partial charge in [0.15, 0.2) is 0 Å². The van der Waals surface area contributed by atoms with Crippen LogP contribution in [0, 0.1) is 0 Å². The van der Waals surface area contributed by atoms with E-state index in [9.17, 15) is 19.2 Å². The summed E-state index contributed by atoms with van der Waals surface area (Å²) in [6.45, 7) is 21.4. The second-order valence-corrected chi connectivity index (χ2v) is 25.1. The van der Waals surface area contributed by atoms with E-state index in [0.717, 1.165) is 120 Å². The first-order valence-corrected chi connectivity index (χ1v) is 35.2. The number of ether oxygens (including phenoxy) is 1. The molecule has 92 heavy (non-hydrogen) atoms. The molecule has 10 rings (SSSR count). The molecule has 0 saturated carbocycles. The summed E-state index contributed by atoms with van der Waals surface area (Å²) in [6.07, 6.45) is 27.2. The number of amides is 4. The van der Waals surface area contributed by atoms with E-state index in [1.807, 2.05) is 97.2 Å². The Balaban J connectivity index is 0.000000175. The third-order valence-electron chi connectivity index (χ3n) is 17.6. The van der Waals surface area contributed by atoms with E-state index in [4.69, 9.17) is 4.74 Å². The molecule has 4 aliphatic heterocycles. The molecule has 0 spiro atoms. The molecule has 5 heterocycles. The molecule has 6 aromatic rings. The Kier molecular flexibility index (Phi) is 34.2. The fraction of sp³-hybridized carbons (Fsp3) is 0.500. The number of piperidine rings is 4. The minimum Gasteiger partial charge on any atom is -0.457 e. The fourth-order valence-corrected chi connectivity index (χ4v) is 12.1. The van der Waals surface area contributed by atoms with Crippen molar-refractivity contribution in [2.75, 3.05) is 105 Å². The molecular formula is C78H109N9O5. The van der Waals surface area contributed by atoms with Crippen molar-refractivity contribution in [3.05, 3.63) is 196 Å². The summed E-state index contributed by atoms with van der Waals surface area (Å²) in [7, 11) is 0.